The van der Waals surface area contributed by atoms with Crippen molar-refractivity contribution in [3.63, 3.8) is 0 Å². The van der Waals surface area contributed by atoms with Gasteiger partial charge in [0.05, 0.1) is 0 Å². The van der Waals surface area contributed by atoms with Crippen molar-refractivity contribution in [3.8, 4) is 5.75 Å². The van der Waals surface area contributed by atoms with Gasteiger partial charge >= 0.3 is 0 Å². The van der Waals surface area contributed by atoms with Gasteiger partial charge in [0.1, 0.15) is 17.6 Å². The third kappa shape index (κ3) is 7.06. The van der Waals surface area contributed by atoms with E-state index in [2.05, 4.69) is 21.2 Å². The van der Waals surface area contributed by atoms with E-state index in [1.807, 2.05) is 46.8 Å². The molecule has 0 aliphatic heterocycles. The minimum Gasteiger partial charge on any atom is -0.484 e. The number of nitrogens with zero attached hydrogens (tertiary/aromatic N) is 1. The molecule has 7 heteroatoms. The molecule has 0 saturated carbocycles. The van der Waals surface area contributed by atoms with Crippen LogP contribution in [-0.2, 0) is 16.1 Å². The molecule has 2 aromatic carbocycles. The van der Waals surface area contributed by atoms with Crippen molar-refractivity contribution >= 4 is 27.7 Å². The minimum absolute atomic E-state index is 0.0357. The average molecular weight is 493 g/mol. The molecule has 168 valence electrons. The lowest BCUT2D eigenvalue weighted by Gasteiger charge is -2.31. The van der Waals surface area contributed by atoms with E-state index in [0.29, 0.717) is 11.3 Å². The van der Waals surface area contributed by atoms with Crippen LogP contribution in [0.15, 0.2) is 40.9 Å². The Morgan fingerprint density at radius 2 is 1.74 bits per heavy atom. The molecule has 0 saturated heterocycles. The fourth-order valence-corrected chi connectivity index (χ4v) is 3.31. The number of nitrogens with one attached hydrogen (secondary N) is 1. The van der Waals surface area contributed by atoms with Gasteiger partial charge in [-0.05, 0) is 70.9 Å². The number of aryl methyl sites for hydroxylation is 2. The zero-order valence-electron chi connectivity index (χ0n) is 18.9. The molecule has 0 heterocycles. The standard InChI is InChI=1S/C24H30BrFN2O3/c1-15-11-19(12-16(2)22(15)25)31-14-21(29)28(13-18-9-7-8-10-20(18)26)17(3)23(30)27-24(4,5)6/h7-12,17H,13-14H2,1-6H3,(H,27,30). The molecule has 2 aromatic rings. The molecule has 0 aliphatic rings. The van der Waals surface area contributed by atoms with Crippen LogP contribution in [0.1, 0.15) is 44.4 Å². The monoisotopic (exact) mass is 492 g/mol. The second kappa shape index (κ2) is 10.3. The molecular weight excluding hydrogens is 463 g/mol. The fraction of sp³-hybridized carbons (Fsp3) is 0.417. The van der Waals surface area contributed by atoms with Crippen molar-refractivity contribution in [2.45, 2.75) is 59.7 Å². The van der Waals surface area contributed by atoms with Crippen LogP contribution in [0, 0.1) is 19.7 Å². The summed E-state index contributed by atoms with van der Waals surface area (Å²) in [5, 5.41) is 2.88. The summed E-state index contributed by atoms with van der Waals surface area (Å²) >= 11 is 3.51. The Bertz CT molecular complexity index is 933. The molecular formula is C24H30BrFN2O3. The molecule has 1 N–H and O–H groups in total. The van der Waals surface area contributed by atoms with Crippen LogP contribution in [-0.4, -0.2) is 34.9 Å². The SMILES string of the molecule is Cc1cc(OCC(=O)N(Cc2ccccc2F)C(C)C(=O)NC(C)(C)C)cc(C)c1Br. The molecule has 0 spiro atoms. The molecule has 0 aliphatic carbocycles. The highest BCUT2D eigenvalue weighted by molar-refractivity contribution is 9.10. The van der Waals surface area contributed by atoms with Crippen molar-refractivity contribution in [3.05, 3.63) is 63.4 Å². The van der Waals surface area contributed by atoms with Crippen molar-refractivity contribution < 1.29 is 18.7 Å². The molecule has 1 unspecified atom stereocenters. The highest BCUT2D eigenvalue weighted by atomic mass is 79.9. The number of halogens is 2. The largest absolute Gasteiger partial charge is 0.484 e. The summed E-state index contributed by atoms with van der Waals surface area (Å²) in [6.45, 7) is 10.8. The summed E-state index contributed by atoms with van der Waals surface area (Å²) in [5.41, 5.74) is 1.86. The number of carbonyl (C=O) groups is 2. The Morgan fingerprint density at radius 1 is 1.16 bits per heavy atom. The molecule has 0 fully saturated rings. The first-order chi connectivity index (χ1) is 14.4. The maximum Gasteiger partial charge on any atom is 0.261 e. The first-order valence-corrected chi connectivity index (χ1v) is 10.9. The zero-order valence-corrected chi connectivity index (χ0v) is 20.5. The molecule has 0 radical (unpaired) electrons. The number of hydrogen-bond donors (Lipinski definition) is 1. The number of benzene rings is 2. The first-order valence-electron chi connectivity index (χ1n) is 10.1. The van der Waals surface area contributed by atoms with Crippen molar-refractivity contribution in [2.24, 2.45) is 0 Å². The van der Waals surface area contributed by atoms with Gasteiger partial charge in [0, 0.05) is 22.1 Å². The average Bonchev–Trinajstić information content (AvgIpc) is 2.67. The van der Waals surface area contributed by atoms with Gasteiger partial charge in [0.2, 0.25) is 5.91 Å². The lowest BCUT2D eigenvalue weighted by atomic mass is 10.1. The third-order valence-electron chi connectivity index (χ3n) is 4.74. The molecule has 0 bridgehead atoms. The van der Waals surface area contributed by atoms with Crippen LogP contribution < -0.4 is 10.1 Å². The lowest BCUT2D eigenvalue weighted by Crippen LogP contribution is -2.53. The Kier molecular flexibility index (Phi) is 8.23. The van der Waals surface area contributed by atoms with Crippen LogP contribution in [0.3, 0.4) is 0 Å². The molecule has 1 atom stereocenters. The van der Waals surface area contributed by atoms with E-state index >= 15 is 0 Å². The van der Waals surface area contributed by atoms with Crippen molar-refractivity contribution in [1.29, 1.82) is 0 Å². The van der Waals surface area contributed by atoms with Gasteiger partial charge in [-0.2, -0.15) is 0 Å². The van der Waals surface area contributed by atoms with Gasteiger partial charge in [-0.1, -0.05) is 34.1 Å². The number of carbonyl (C=O) groups excluding carboxylic acids is 2. The van der Waals surface area contributed by atoms with Gasteiger partial charge in [-0.3, -0.25) is 9.59 Å². The van der Waals surface area contributed by atoms with Gasteiger partial charge in [-0.15, -0.1) is 0 Å². The van der Waals surface area contributed by atoms with E-state index in [-0.39, 0.29) is 19.1 Å². The Morgan fingerprint density at radius 3 is 2.29 bits per heavy atom. The predicted octanol–water partition coefficient (Wildman–Crippen LogP) is 4.92. The van der Waals surface area contributed by atoms with E-state index < -0.39 is 23.3 Å². The number of ether oxygens (including phenoxy) is 1. The molecule has 0 aromatic heterocycles. The highest BCUT2D eigenvalue weighted by Gasteiger charge is 2.29. The second-order valence-electron chi connectivity index (χ2n) is 8.69. The summed E-state index contributed by atoms with van der Waals surface area (Å²) in [4.78, 5) is 27.2. The maximum absolute atomic E-state index is 14.3. The van der Waals surface area contributed by atoms with E-state index in [0.717, 1.165) is 15.6 Å². The van der Waals surface area contributed by atoms with Crippen LogP contribution in [0.5, 0.6) is 5.75 Å². The second-order valence-corrected chi connectivity index (χ2v) is 9.48. The van der Waals surface area contributed by atoms with E-state index in [1.165, 1.54) is 11.0 Å². The molecule has 2 rings (SSSR count). The summed E-state index contributed by atoms with van der Waals surface area (Å²) in [7, 11) is 0. The topological polar surface area (TPSA) is 58.6 Å². The number of hydrogen-bond acceptors (Lipinski definition) is 3. The molecule has 2 amide bonds. The van der Waals surface area contributed by atoms with Crippen molar-refractivity contribution in [2.75, 3.05) is 6.61 Å². The number of amides is 2. The Hall–Kier alpha value is -2.41. The third-order valence-corrected chi connectivity index (χ3v) is 5.99. The predicted molar refractivity (Wildman–Crippen MR) is 123 cm³/mol. The highest BCUT2D eigenvalue weighted by Crippen LogP contribution is 2.26. The van der Waals surface area contributed by atoms with E-state index in [4.69, 9.17) is 4.74 Å². The van der Waals surface area contributed by atoms with Crippen LogP contribution in [0.25, 0.3) is 0 Å². The number of rotatable bonds is 7. The minimum atomic E-state index is -0.802. The fourth-order valence-electron chi connectivity index (χ4n) is 3.08. The molecule has 5 nitrogen and oxygen atoms in total. The van der Waals surface area contributed by atoms with Gasteiger partial charge in [-0.25, -0.2) is 4.39 Å². The smallest absolute Gasteiger partial charge is 0.261 e. The van der Waals surface area contributed by atoms with Gasteiger partial charge < -0.3 is 15.0 Å². The Balaban J connectivity index is 2.23. The van der Waals surface area contributed by atoms with Crippen LogP contribution in [0.4, 0.5) is 4.39 Å². The maximum atomic E-state index is 14.3. The normalized spacial score (nSPS) is 12.3. The summed E-state index contributed by atoms with van der Waals surface area (Å²) in [6.07, 6.45) is 0. The van der Waals surface area contributed by atoms with Gasteiger partial charge in [0.25, 0.3) is 5.91 Å². The van der Waals surface area contributed by atoms with Crippen LogP contribution >= 0.6 is 15.9 Å². The van der Waals surface area contributed by atoms with Crippen LogP contribution in [0.2, 0.25) is 0 Å². The van der Waals surface area contributed by atoms with E-state index in [9.17, 15) is 14.0 Å². The summed E-state index contributed by atoms with van der Waals surface area (Å²) in [5.74, 6) is -0.585. The first kappa shape index (κ1) is 24.9. The quantitative estimate of drug-likeness (QED) is 0.596. The van der Waals surface area contributed by atoms with Crippen molar-refractivity contribution in [1.82, 2.24) is 10.2 Å². The zero-order chi connectivity index (χ0) is 23.3. The summed E-state index contributed by atoms with van der Waals surface area (Å²) < 4.78 is 21.0. The molecule has 31 heavy (non-hydrogen) atoms. The lowest BCUT2D eigenvalue weighted by molar-refractivity contribution is -0.142. The van der Waals surface area contributed by atoms with Gasteiger partial charge in [0.15, 0.2) is 6.61 Å². The van der Waals surface area contributed by atoms with E-state index in [1.54, 1.807) is 25.1 Å². The Labute approximate surface area is 192 Å². The summed E-state index contributed by atoms with van der Waals surface area (Å²) in [6, 6.07) is 9.09.